The first-order valence-electron chi connectivity index (χ1n) is 9.14. The fourth-order valence-electron chi connectivity index (χ4n) is 2.63. The van der Waals surface area contributed by atoms with Gasteiger partial charge in [0.2, 0.25) is 5.91 Å². The van der Waals surface area contributed by atoms with E-state index < -0.39 is 18.5 Å². The Hall–Kier alpha value is -3.35. The Morgan fingerprint density at radius 1 is 1.00 bits per heavy atom. The monoisotopic (exact) mass is 398 g/mol. The molecule has 0 saturated heterocycles. The number of benzene rings is 2. The quantitative estimate of drug-likeness (QED) is 0.725. The first-order valence-corrected chi connectivity index (χ1v) is 9.14. The van der Waals surface area contributed by atoms with E-state index in [0.29, 0.717) is 11.4 Å². The van der Waals surface area contributed by atoms with Gasteiger partial charge in [-0.15, -0.1) is 0 Å². The van der Waals surface area contributed by atoms with Crippen molar-refractivity contribution in [3.05, 3.63) is 58.7 Å². The predicted octanol–water partition coefficient (Wildman–Crippen LogP) is 2.87. The number of anilines is 1. The summed E-state index contributed by atoms with van der Waals surface area (Å²) in [5, 5.41) is 2.79. The highest BCUT2D eigenvalue weighted by Gasteiger charge is 2.17. The van der Waals surface area contributed by atoms with Crippen LogP contribution in [0.5, 0.6) is 5.75 Å². The number of esters is 1. The molecule has 0 radical (unpaired) electrons. The van der Waals surface area contributed by atoms with Crippen LogP contribution < -0.4 is 10.1 Å². The molecule has 0 saturated carbocycles. The molecular weight excluding hydrogens is 372 g/mol. The van der Waals surface area contributed by atoms with Crippen LogP contribution in [0.4, 0.5) is 5.69 Å². The minimum absolute atomic E-state index is 0.151. The van der Waals surface area contributed by atoms with Crippen LogP contribution in [0.1, 0.15) is 27.0 Å². The summed E-state index contributed by atoms with van der Waals surface area (Å²) in [7, 11) is 2.99. The summed E-state index contributed by atoms with van der Waals surface area (Å²) in [6.07, 6.45) is 0. The molecule has 2 rings (SSSR count). The normalized spacial score (nSPS) is 10.2. The Balaban J connectivity index is 1.87. The van der Waals surface area contributed by atoms with Crippen molar-refractivity contribution in [2.45, 2.75) is 20.8 Å². The van der Waals surface area contributed by atoms with Gasteiger partial charge in [-0.2, -0.15) is 0 Å². The fraction of sp³-hybridized carbons (Fsp3) is 0.318. The largest absolute Gasteiger partial charge is 0.496 e. The van der Waals surface area contributed by atoms with Crippen LogP contribution in [0.2, 0.25) is 0 Å². The van der Waals surface area contributed by atoms with E-state index in [0.717, 1.165) is 16.7 Å². The zero-order valence-electron chi connectivity index (χ0n) is 17.4. The number of likely N-dealkylation sites (N-methyl/N-ethyl adjacent to an activating group) is 1. The predicted molar refractivity (Wildman–Crippen MR) is 110 cm³/mol. The summed E-state index contributed by atoms with van der Waals surface area (Å²) in [5.74, 6) is -0.881. The third kappa shape index (κ3) is 6.07. The number of rotatable bonds is 7. The van der Waals surface area contributed by atoms with E-state index in [2.05, 4.69) is 5.32 Å². The molecule has 154 valence electrons. The molecular formula is C22H26N2O5. The van der Waals surface area contributed by atoms with Crippen LogP contribution in [-0.4, -0.2) is 50.0 Å². The van der Waals surface area contributed by atoms with Crippen molar-refractivity contribution >= 4 is 23.5 Å². The molecule has 0 unspecified atom stereocenters. The molecule has 2 aromatic carbocycles. The molecule has 2 aromatic rings. The molecule has 0 aliphatic heterocycles. The van der Waals surface area contributed by atoms with E-state index >= 15 is 0 Å². The van der Waals surface area contributed by atoms with E-state index in [4.69, 9.17) is 9.47 Å². The number of methoxy groups -OCH3 is 1. The Bertz CT molecular complexity index is 923. The van der Waals surface area contributed by atoms with E-state index in [1.165, 1.54) is 19.1 Å². The summed E-state index contributed by atoms with van der Waals surface area (Å²) in [4.78, 5) is 37.8. The van der Waals surface area contributed by atoms with Crippen molar-refractivity contribution in [1.82, 2.24) is 4.90 Å². The molecule has 0 heterocycles. The minimum Gasteiger partial charge on any atom is -0.496 e. The third-order valence-electron chi connectivity index (χ3n) is 4.44. The van der Waals surface area contributed by atoms with E-state index in [-0.39, 0.29) is 18.0 Å². The molecule has 7 heteroatoms. The first kappa shape index (κ1) is 21.9. The number of aryl methyl sites for hydroxylation is 3. The van der Waals surface area contributed by atoms with Gasteiger partial charge in [0, 0.05) is 12.7 Å². The van der Waals surface area contributed by atoms with E-state index in [1.807, 2.05) is 39.0 Å². The summed E-state index contributed by atoms with van der Waals surface area (Å²) in [6, 6.07) is 10.6. The average molecular weight is 398 g/mol. The first-order chi connectivity index (χ1) is 13.7. The van der Waals surface area contributed by atoms with E-state index in [9.17, 15) is 14.4 Å². The zero-order valence-corrected chi connectivity index (χ0v) is 17.4. The second kappa shape index (κ2) is 9.73. The van der Waals surface area contributed by atoms with Gasteiger partial charge in [-0.1, -0.05) is 18.2 Å². The van der Waals surface area contributed by atoms with Crippen LogP contribution in [0.3, 0.4) is 0 Å². The second-order valence-corrected chi connectivity index (χ2v) is 6.88. The van der Waals surface area contributed by atoms with Gasteiger partial charge in [-0.05, 0) is 55.7 Å². The number of hydrogen-bond acceptors (Lipinski definition) is 5. The van der Waals surface area contributed by atoms with Crippen molar-refractivity contribution in [3.63, 3.8) is 0 Å². The summed E-state index contributed by atoms with van der Waals surface area (Å²) in [6.45, 7) is 5.08. The number of carbonyl (C=O) groups is 3. The van der Waals surface area contributed by atoms with Gasteiger partial charge in [0.1, 0.15) is 5.75 Å². The lowest BCUT2D eigenvalue weighted by atomic mass is 10.1. The van der Waals surface area contributed by atoms with Gasteiger partial charge in [0.25, 0.3) is 5.91 Å². The molecule has 29 heavy (non-hydrogen) atoms. The van der Waals surface area contributed by atoms with Crippen molar-refractivity contribution in [2.75, 3.05) is 32.6 Å². The van der Waals surface area contributed by atoms with Crippen molar-refractivity contribution in [2.24, 2.45) is 0 Å². The van der Waals surface area contributed by atoms with Crippen LogP contribution in [0.15, 0.2) is 36.4 Å². The maximum Gasteiger partial charge on any atom is 0.338 e. The molecule has 1 N–H and O–H groups in total. The highest BCUT2D eigenvalue weighted by molar-refractivity contribution is 5.96. The number of carbonyl (C=O) groups excluding carboxylic acids is 3. The fourth-order valence-corrected chi connectivity index (χ4v) is 2.63. The van der Waals surface area contributed by atoms with E-state index in [1.54, 1.807) is 18.2 Å². The van der Waals surface area contributed by atoms with Crippen LogP contribution in [0, 0.1) is 20.8 Å². The van der Waals surface area contributed by atoms with Crippen molar-refractivity contribution < 1.29 is 23.9 Å². The lowest BCUT2D eigenvalue weighted by molar-refractivity contribution is -0.136. The van der Waals surface area contributed by atoms with Crippen LogP contribution in [-0.2, 0) is 14.3 Å². The summed E-state index contributed by atoms with van der Waals surface area (Å²) >= 11 is 0. The average Bonchev–Trinajstić information content (AvgIpc) is 2.68. The second-order valence-electron chi connectivity index (χ2n) is 6.88. The highest BCUT2D eigenvalue weighted by atomic mass is 16.5. The molecule has 0 atom stereocenters. The maximum atomic E-state index is 12.2. The Kier molecular flexibility index (Phi) is 7.36. The lowest BCUT2D eigenvalue weighted by Gasteiger charge is -2.17. The molecule has 0 aromatic heterocycles. The van der Waals surface area contributed by atoms with Gasteiger partial charge >= 0.3 is 5.97 Å². The molecule has 0 bridgehead atoms. The standard InChI is InChI=1S/C22H26N2O5/c1-14-6-7-15(2)18(10-14)23-20(25)12-24(4)21(26)13-29-22(27)17-9-8-16(3)19(11-17)28-5/h6-11H,12-13H2,1-5H3,(H,23,25). The Labute approximate surface area is 170 Å². The summed E-state index contributed by atoms with van der Waals surface area (Å²) in [5.41, 5.74) is 3.83. The molecule has 0 spiro atoms. The third-order valence-corrected chi connectivity index (χ3v) is 4.44. The van der Waals surface area contributed by atoms with Gasteiger partial charge in [0.15, 0.2) is 6.61 Å². The topological polar surface area (TPSA) is 84.9 Å². The molecule has 0 fully saturated rings. The zero-order chi connectivity index (χ0) is 21.6. The maximum absolute atomic E-state index is 12.2. The number of nitrogens with one attached hydrogen (secondary N) is 1. The highest BCUT2D eigenvalue weighted by Crippen LogP contribution is 2.19. The molecule has 0 aliphatic rings. The number of nitrogens with zero attached hydrogens (tertiary/aromatic N) is 1. The number of hydrogen-bond donors (Lipinski definition) is 1. The van der Waals surface area contributed by atoms with Crippen molar-refractivity contribution in [1.29, 1.82) is 0 Å². The smallest absolute Gasteiger partial charge is 0.338 e. The van der Waals surface area contributed by atoms with Gasteiger partial charge in [0.05, 0.1) is 19.2 Å². The van der Waals surface area contributed by atoms with Gasteiger partial charge < -0.3 is 19.7 Å². The molecule has 7 nitrogen and oxygen atoms in total. The minimum atomic E-state index is -0.634. The molecule has 0 aliphatic carbocycles. The van der Waals surface area contributed by atoms with Crippen molar-refractivity contribution in [3.8, 4) is 5.75 Å². The van der Waals surface area contributed by atoms with Crippen LogP contribution >= 0.6 is 0 Å². The van der Waals surface area contributed by atoms with Gasteiger partial charge in [-0.25, -0.2) is 4.79 Å². The number of amides is 2. The van der Waals surface area contributed by atoms with Gasteiger partial charge in [-0.3, -0.25) is 9.59 Å². The molecule has 2 amide bonds. The van der Waals surface area contributed by atoms with Crippen LogP contribution in [0.25, 0.3) is 0 Å². The Morgan fingerprint density at radius 2 is 1.69 bits per heavy atom. The SMILES string of the molecule is COc1cc(C(=O)OCC(=O)N(C)CC(=O)Nc2cc(C)ccc2C)ccc1C. The number of ether oxygens (including phenoxy) is 2. The Morgan fingerprint density at radius 3 is 2.38 bits per heavy atom. The summed E-state index contributed by atoms with van der Waals surface area (Å²) < 4.78 is 10.2. The lowest BCUT2D eigenvalue weighted by Crippen LogP contribution is -2.37.